The summed E-state index contributed by atoms with van der Waals surface area (Å²) in [4.78, 5) is 36.9. The number of carbonyl (C=O) groups is 1. The van der Waals surface area contributed by atoms with Crippen molar-refractivity contribution in [2.45, 2.75) is 25.3 Å². The first-order valence-electron chi connectivity index (χ1n) is 10.7. The Morgan fingerprint density at radius 3 is 2.17 bits per heavy atom. The maximum atomic E-state index is 13.0. The Balaban J connectivity index is 1.29. The van der Waals surface area contributed by atoms with Crippen molar-refractivity contribution in [2.75, 3.05) is 44.2 Å². The molecule has 0 unspecified atom stereocenters. The fourth-order valence-electron chi connectivity index (χ4n) is 4.03. The van der Waals surface area contributed by atoms with Gasteiger partial charge in [-0.2, -0.15) is 31.4 Å². The average molecular weight is 505 g/mol. The number of halogens is 6. The van der Waals surface area contributed by atoms with Crippen LogP contribution in [0.5, 0.6) is 0 Å². The van der Waals surface area contributed by atoms with Crippen LogP contribution in [0.15, 0.2) is 23.3 Å². The Morgan fingerprint density at radius 2 is 1.63 bits per heavy atom. The van der Waals surface area contributed by atoms with Crippen LogP contribution in [0.4, 0.5) is 32.3 Å². The average Bonchev–Trinajstić information content (AvgIpc) is 2.77. The normalized spacial score (nSPS) is 18.9. The van der Waals surface area contributed by atoms with E-state index in [2.05, 4.69) is 15.1 Å². The van der Waals surface area contributed by atoms with Crippen molar-refractivity contribution in [1.29, 1.82) is 0 Å². The molecular formula is C20H21F6N7O2. The van der Waals surface area contributed by atoms with E-state index >= 15 is 0 Å². The number of H-pyrrole nitrogens is 1. The maximum Gasteiger partial charge on any atom is 0.421 e. The minimum atomic E-state index is -4.80. The van der Waals surface area contributed by atoms with Crippen LogP contribution in [0.3, 0.4) is 0 Å². The molecule has 0 radical (unpaired) electrons. The number of aromatic nitrogens is 4. The molecule has 0 saturated carbocycles. The zero-order valence-electron chi connectivity index (χ0n) is 18.4. The van der Waals surface area contributed by atoms with E-state index in [1.807, 2.05) is 5.10 Å². The van der Waals surface area contributed by atoms with Gasteiger partial charge >= 0.3 is 12.4 Å². The summed E-state index contributed by atoms with van der Waals surface area (Å²) in [6, 6.07) is 0.187. The minimum absolute atomic E-state index is 0.0491. The summed E-state index contributed by atoms with van der Waals surface area (Å²) < 4.78 is 77.0. The molecule has 4 heterocycles. The maximum absolute atomic E-state index is 13.0. The zero-order chi connectivity index (χ0) is 25.5. The van der Waals surface area contributed by atoms with Gasteiger partial charge in [0.2, 0.25) is 11.9 Å². The number of hydrogen-bond donors (Lipinski definition) is 1. The van der Waals surface area contributed by atoms with Gasteiger partial charge in [-0.15, -0.1) is 0 Å². The van der Waals surface area contributed by atoms with Crippen LogP contribution >= 0.6 is 0 Å². The van der Waals surface area contributed by atoms with Gasteiger partial charge in [-0.25, -0.2) is 15.1 Å². The summed E-state index contributed by atoms with van der Waals surface area (Å²) in [7, 11) is 0. The van der Waals surface area contributed by atoms with Crippen molar-refractivity contribution in [3.8, 4) is 0 Å². The largest absolute Gasteiger partial charge is 0.421 e. The summed E-state index contributed by atoms with van der Waals surface area (Å²) in [6.07, 6.45) is -7.88. The Kier molecular flexibility index (Phi) is 6.46. The van der Waals surface area contributed by atoms with Gasteiger partial charge in [0.05, 0.1) is 23.2 Å². The molecule has 0 aromatic carbocycles. The second-order valence-corrected chi connectivity index (χ2v) is 8.44. The Bertz CT molecular complexity index is 1120. The predicted molar refractivity (Wildman–Crippen MR) is 109 cm³/mol. The van der Waals surface area contributed by atoms with Crippen LogP contribution in [-0.2, 0) is 17.1 Å². The summed E-state index contributed by atoms with van der Waals surface area (Å²) in [5.74, 6) is -0.289. The molecule has 9 nitrogen and oxygen atoms in total. The molecule has 2 aromatic rings. The second-order valence-electron chi connectivity index (χ2n) is 8.44. The smallest absolute Gasteiger partial charge is 0.339 e. The van der Waals surface area contributed by atoms with Gasteiger partial charge < -0.3 is 9.80 Å². The number of carbonyl (C=O) groups excluding carboxylic acids is 1. The number of aromatic amines is 1. The first-order valence-corrected chi connectivity index (χ1v) is 10.7. The van der Waals surface area contributed by atoms with Gasteiger partial charge in [-0.1, -0.05) is 0 Å². The Labute approximate surface area is 194 Å². The Morgan fingerprint density at radius 1 is 1.03 bits per heavy atom. The van der Waals surface area contributed by atoms with Crippen molar-refractivity contribution in [2.24, 2.45) is 5.92 Å². The number of nitrogens with one attached hydrogen (secondary N) is 1. The molecule has 190 valence electrons. The quantitative estimate of drug-likeness (QED) is 0.635. The van der Waals surface area contributed by atoms with E-state index in [0.717, 1.165) is 18.5 Å². The van der Waals surface area contributed by atoms with Crippen molar-refractivity contribution in [3.63, 3.8) is 0 Å². The molecule has 2 aliphatic rings. The molecule has 2 saturated heterocycles. The van der Waals surface area contributed by atoms with Gasteiger partial charge in [-0.05, 0) is 13.0 Å². The second kappa shape index (κ2) is 9.09. The van der Waals surface area contributed by atoms with Gasteiger partial charge in [0.1, 0.15) is 5.56 Å². The van der Waals surface area contributed by atoms with Gasteiger partial charge in [0, 0.05) is 51.7 Å². The molecule has 4 rings (SSSR count). The lowest BCUT2D eigenvalue weighted by molar-refractivity contribution is -0.142. The zero-order valence-corrected chi connectivity index (χ0v) is 18.4. The van der Waals surface area contributed by atoms with Crippen LogP contribution in [0.25, 0.3) is 0 Å². The van der Waals surface area contributed by atoms with E-state index in [1.165, 1.54) is 0 Å². The summed E-state index contributed by atoms with van der Waals surface area (Å²) in [6.45, 7) is 3.67. The molecule has 2 aliphatic heterocycles. The molecule has 0 bridgehead atoms. The molecule has 1 amide bonds. The molecule has 35 heavy (non-hydrogen) atoms. The number of rotatable bonds is 4. The highest BCUT2D eigenvalue weighted by atomic mass is 19.4. The lowest BCUT2D eigenvalue weighted by Gasteiger charge is -2.45. The van der Waals surface area contributed by atoms with E-state index in [0.29, 0.717) is 39.3 Å². The van der Waals surface area contributed by atoms with Crippen molar-refractivity contribution < 1.29 is 31.1 Å². The van der Waals surface area contributed by atoms with Gasteiger partial charge in [-0.3, -0.25) is 14.5 Å². The van der Waals surface area contributed by atoms with E-state index in [1.54, 1.807) is 21.6 Å². The highest BCUT2D eigenvalue weighted by Crippen LogP contribution is 2.32. The van der Waals surface area contributed by atoms with Crippen molar-refractivity contribution >= 4 is 11.9 Å². The predicted octanol–water partition coefficient (Wildman–Crippen LogP) is 1.94. The molecule has 15 heteroatoms. The molecule has 1 N–H and O–H groups in total. The third-order valence-corrected chi connectivity index (χ3v) is 6.20. The van der Waals surface area contributed by atoms with Crippen molar-refractivity contribution in [1.82, 2.24) is 30.0 Å². The standard InChI is InChI=1S/C20H21F6N7O2/c1-11(15-6-14(20(24,25)26)16(34)30-29-15)33-9-12(10-33)17(35)31-2-4-32(5-3-31)18-27-7-13(8-28-18)19(21,22)23/h6-8,11-12H,2-5,9-10H2,1H3,(H,30,34)/t11-/m0/s1. The minimum Gasteiger partial charge on any atom is -0.339 e. The first-order chi connectivity index (χ1) is 16.3. The number of piperazine rings is 1. The highest BCUT2D eigenvalue weighted by Gasteiger charge is 2.40. The third-order valence-electron chi connectivity index (χ3n) is 6.20. The van der Waals surface area contributed by atoms with Crippen LogP contribution in [-0.4, -0.2) is 75.1 Å². The van der Waals surface area contributed by atoms with Crippen molar-refractivity contribution in [3.05, 3.63) is 45.6 Å². The SMILES string of the molecule is C[C@@H](c1cc(C(F)(F)F)c(=O)[nH]n1)N1CC(C(=O)N2CCN(c3ncc(C(F)(F)F)cn3)CC2)C1. The van der Waals surface area contributed by atoms with Crippen LogP contribution < -0.4 is 10.5 Å². The Hall–Kier alpha value is -3.23. The number of likely N-dealkylation sites (tertiary alicyclic amines) is 1. The van der Waals surface area contributed by atoms with E-state index in [4.69, 9.17) is 0 Å². The summed E-state index contributed by atoms with van der Waals surface area (Å²) in [5, 5.41) is 5.59. The molecule has 2 fully saturated rings. The summed E-state index contributed by atoms with van der Waals surface area (Å²) in [5.41, 5.74) is -3.53. The number of hydrogen-bond acceptors (Lipinski definition) is 7. The first kappa shape index (κ1) is 24.9. The lowest BCUT2D eigenvalue weighted by atomic mass is 9.95. The number of amides is 1. The van der Waals surface area contributed by atoms with Gasteiger partial charge in [0.15, 0.2) is 0 Å². The van der Waals surface area contributed by atoms with Crippen LogP contribution in [0.1, 0.15) is 29.8 Å². The molecule has 0 spiro atoms. The fraction of sp³-hybridized carbons (Fsp3) is 0.550. The molecular weight excluding hydrogens is 484 g/mol. The molecule has 1 atom stereocenters. The fourth-order valence-corrected chi connectivity index (χ4v) is 4.03. The van der Waals surface area contributed by atoms with E-state index in [9.17, 15) is 35.9 Å². The van der Waals surface area contributed by atoms with Gasteiger partial charge in [0.25, 0.3) is 5.56 Å². The number of nitrogens with zero attached hydrogens (tertiary/aromatic N) is 6. The lowest BCUT2D eigenvalue weighted by Crippen LogP contribution is -2.58. The highest BCUT2D eigenvalue weighted by molar-refractivity contribution is 5.80. The molecule has 2 aromatic heterocycles. The summed E-state index contributed by atoms with van der Waals surface area (Å²) >= 11 is 0. The number of alkyl halides is 6. The van der Waals surface area contributed by atoms with Crippen LogP contribution in [0.2, 0.25) is 0 Å². The van der Waals surface area contributed by atoms with E-state index < -0.39 is 35.1 Å². The van der Waals surface area contributed by atoms with E-state index in [-0.39, 0.29) is 23.5 Å². The monoisotopic (exact) mass is 505 g/mol. The van der Waals surface area contributed by atoms with Crippen LogP contribution in [0, 0.1) is 5.92 Å². The molecule has 0 aliphatic carbocycles. The topological polar surface area (TPSA) is 98.3 Å². The number of anilines is 1. The third kappa shape index (κ3) is 5.23.